The van der Waals surface area contributed by atoms with E-state index in [0.717, 1.165) is 32.7 Å². The summed E-state index contributed by atoms with van der Waals surface area (Å²) in [5, 5.41) is 12.9. The Kier molecular flexibility index (Phi) is 3.43. The zero-order valence-electron chi connectivity index (χ0n) is 11.3. The number of rotatable bonds is 3. The molecule has 20 heavy (non-hydrogen) atoms. The van der Waals surface area contributed by atoms with Crippen LogP contribution >= 0.6 is 11.3 Å². The molecule has 3 rings (SSSR count). The van der Waals surface area contributed by atoms with Gasteiger partial charge in [0.25, 0.3) is 0 Å². The van der Waals surface area contributed by atoms with Crippen molar-refractivity contribution in [2.24, 2.45) is 0 Å². The average molecular weight is 282 g/mol. The summed E-state index contributed by atoms with van der Waals surface area (Å²) in [6, 6.07) is 14.2. The van der Waals surface area contributed by atoms with E-state index in [9.17, 15) is 0 Å². The monoisotopic (exact) mass is 282 g/mol. The zero-order chi connectivity index (χ0) is 13.9. The Bertz CT molecular complexity index is 722. The Hall–Kier alpha value is -2.27. The smallest absolute Gasteiger partial charge is 0.205 e. The summed E-state index contributed by atoms with van der Waals surface area (Å²) in [6.07, 6.45) is 0. The molecule has 0 atom stereocenters. The van der Waals surface area contributed by atoms with Crippen molar-refractivity contribution in [2.75, 3.05) is 12.4 Å². The molecule has 0 aliphatic rings. The highest BCUT2D eigenvalue weighted by Crippen LogP contribution is 2.29. The second-order valence-corrected chi connectivity index (χ2v) is 5.34. The summed E-state index contributed by atoms with van der Waals surface area (Å²) < 4.78 is 0. The van der Waals surface area contributed by atoms with Crippen LogP contribution in [0.15, 0.2) is 42.5 Å². The summed E-state index contributed by atoms with van der Waals surface area (Å²) in [6.45, 7) is 2.00. The van der Waals surface area contributed by atoms with Gasteiger partial charge in [-0.2, -0.15) is 0 Å². The zero-order valence-corrected chi connectivity index (χ0v) is 12.1. The molecule has 0 aliphatic carbocycles. The molecule has 2 aromatic heterocycles. The number of nitrogens with zero attached hydrogens (tertiary/aromatic N) is 3. The summed E-state index contributed by atoms with van der Waals surface area (Å²) in [4.78, 5) is 4.67. The van der Waals surface area contributed by atoms with Crippen molar-refractivity contribution in [2.45, 2.75) is 6.92 Å². The van der Waals surface area contributed by atoms with Gasteiger partial charge in [-0.1, -0.05) is 41.7 Å². The van der Waals surface area contributed by atoms with Crippen LogP contribution in [0.25, 0.3) is 21.8 Å². The summed E-state index contributed by atoms with van der Waals surface area (Å²) in [5.41, 5.74) is 4.09. The molecule has 0 radical (unpaired) electrons. The number of aromatic nitrogens is 3. The topological polar surface area (TPSA) is 50.7 Å². The van der Waals surface area contributed by atoms with Crippen LogP contribution in [-0.4, -0.2) is 22.2 Å². The van der Waals surface area contributed by atoms with Gasteiger partial charge >= 0.3 is 0 Å². The summed E-state index contributed by atoms with van der Waals surface area (Å²) in [5.74, 6) is 0. The van der Waals surface area contributed by atoms with E-state index < -0.39 is 0 Å². The van der Waals surface area contributed by atoms with Gasteiger partial charge in [-0.05, 0) is 19.1 Å². The fourth-order valence-electron chi connectivity index (χ4n) is 1.99. The van der Waals surface area contributed by atoms with Crippen LogP contribution in [0.4, 0.5) is 5.13 Å². The molecule has 3 aromatic rings. The van der Waals surface area contributed by atoms with Crippen LogP contribution in [0.3, 0.4) is 0 Å². The molecule has 0 spiro atoms. The summed E-state index contributed by atoms with van der Waals surface area (Å²) >= 11 is 1.53. The van der Waals surface area contributed by atoms with Crippen molar-refractivity contribution in [1.29, 1.82) is 0 Å². The number of pyridine rings is 1. The predicted octanol–water partition coefficient (Wildman–Crippen LogP) is 3.62. The van der Waals surface area contributed by atoms with Gasteiger partial charge in [-0.15, -0.1) is 10.2 Å². The molecular weight excluding hydrogens is 268 g/mol. The molecule has 0 bridgehead atoms. The van der Waals surface area contributed by atoms with Crippen LogP contribution in [0, 0.1) is 6.92 Å². The van der Waals surface area contributed by atoms with Crippen molar-refractivity contribution < 1.29 is 0 Å². The number of hydrogen-bond acceptors (Lipinski definition) is 5. The van der Waals surface area contributed by atoms with E-state index in [2.05, 4.69) is 38.7 Å². The SMILES string of the molecule is CNc1nnc(-c2ccc(-c3ccccc3)nc2C)s1. The molecule has 0 fully saturated rings. The molecule has 1 N–H and O–H groups in total. The maximum absolute atomic E-state index is 4.67. The van der Waals surface area contributed by atoms with Gasteiger partial charge in [-0.25, -0.2) is 0 Å². The van der Waals surface area contributed by atoms with E-state index in [1.165, 1.54) is 11.3 Å². The Morgan fingerprint density at radius 3 is 2.45 bits per heavy atom. The van der Waals surface area contributed by atoms with Crippen molar-refractivity contribution >= 4 is 16.5 Å². The van der Waals surface area contributed by atoms with E-state index in [4.69, 9.17) is 0 Å². The first kappa shape index (κ1) is 12.7. The van der Waals surface area contributed by atoms with Crippen LogP contribution in [-0.2, 0) is 0 Å². The molecule has 4 nitrogen and oxygen atoms in total. The highest BCUT2D eigenvalue weighted by Gasteiger charge is 2.10. The minimum atomic E-state index is 0.812. The molecule has 0 unspecified atom stereocenters. The molecule has 5 heteroatoms. The van der Waals surface area contributed by atoms with Crippen molar-refractivity contribution in [1.82, 2.24) is 15.2 Å². The number of hydrogen-bond donors (Lipinski definition) is 1. The Labute approximate surface area is 121 Å². The third-order valence-corrected chi connectivity index (χ3v) is 4.00. The van der Waals surface area contributed by atoms with E-state index in [1.54, 1.807) is 0 Å². The fraction of sp³-hybridized carbons (Fsp3) is 0.133. The minimum absolute atomic E-state index is 0.812. The molecule has 2 heterocycles. The quantitative estimate of drug-likeness (QED) is 0.797. The number of benzene rings is 1. The average Bonchev–Trinajstić information content (AvgIpc) is 2.97. The van der Waals surface area contributed by atoms with Gasteiger partial charge in [0.1, 0.15) is 0 Å². The molecule has 0 saturated carbocycles. The van der Waals surface area contributed by atoms with Gasteiger partial charge in [0.2, 0.25) is 5.13 Å². The molecule has 0 aliphatic heterocycles. The summed E-state index contributed by atoms with van der Waals surface area (Å²) in [7, 11) is 1.84. The predicted molar refractivity (Wildman–Crippen MR) is 82.9 cm³/mol. The Balaban J connectivity index is 1.99. The van der Waals surface area contributed by atoms with Crippen molar-refractivity contribution in [3.8, 4) is 21.8 Å². The van der Waals surface area contributed by atoms with E-state index in [0.29, 0.717) is 0 Å². The maximum Gasteiger partial charge on any atom is 0.205 e. The molecular formula is C15H14N4S. The van der Waals surface area contributed by atoms with E-state index >= 15 is 0 Å². The van der Waals surface area contributed by atoms with Crippen LogP contribution in [0.2, 0.25) is 0 Å². The Morgan fingerprint density at radius 2 is 1.80 bits per heavy atom. The van der Waals surface area contributed by atoms with Gasteiger partial charge in [0, 0.05) is 23.9 Å². The second-order valence-electron chi connectivity index (χ2n) is 4.36. The van der Waals surface area contributed by atoms with Crippen LogP contribution < -0.4 is 5.32 Å². The number of anilines is 1. The number of aryl methyl sites for hydroxylation is 1. The largest absolute Gasteiger partial charge is 0.363 e. The Morgan fingerprint density at radius 1 is 1.00 bits per heavy atom. The van der Waals surface area contributed by atoms with Gasteiger partial charge < -0.3 is 5.32 Å². The van der Waals surface area contributed by atoms with Crippen LogP contribution in [0.5, 0.6) is 0 Å². The number of nitrogens with one attached hydrogen (secondary N) is 1. The first-order valence-electron chi connectivity index (χ1n) is 6.32. The van der Waals surface area contributed by atoms with Gasteiger partial charge in [-0.3, -0.25) is 4.98 Å². The van der Waals surface area contributed by atoms with E-state index in [1.807, 2.05) is 38.2 Å². The fourth-order valence-corrected chi connectivity index (χ4v) is 2.76. The third kappa shape index (κ3) is 2.40. The normalized spacial score (nSPS) is 10.5. The first-order valence-corrected chi connectivity index (χ1v) is 7.14. The van der Waals surface area contributed by atoms with E-state index in [-0.39, 0.29) is 0 Å². The minimum Gasteiger partial charge on any atom is -0.363 e. The lowest BCUT2D eigenvalue weighted by Crippen LogP contribution is -1.90. The molecule has 0 saturated heterocycles. The molecule has 1 aromatic carbocycles. The van der Waals surface area contributed by atoms with Crippen molar-refractivity contribution in [3.63, 3.8) is 0 Å². The van der Waals surface area contributed by atoms with Gasteiger partial charge in [0.15, 0.2) is 5.01 Å². The highest BCUT2D eigenvalue weighted by atomic mass is 32.1. The third-order valence-electron chi connectivity index (χ3n) is 3.02. The lowest BCUT2D eigenvalue weighted by atomic mass is 10.1. The standard InChI is InChI=1S/C15H14N4S/c1-10-12(14-18-19-15(16-2)20-14)8-9-13(17-10)11-6-4-3-5-7-11/h3-9H,1-2H3,(H,16,19). The molecule has 0 amide bonds. The van der Waals surface area contributed by atoms with Crippen LogP contribution in [0.1, 0.15) is 5.69 Å². The van der Waals surface area contributed by atoms with Crippen molar-refractivity contribution in [3.05, 3.63) is 48.2 Å². The first-order chi connectivity index (χ1) is 9.78. The second kappa shape index (κ2) is 5.38. The van der Waals surface area contributed by atoms with Gasteiger partial charge in [0.05, 0.1) is 5.69 Å². The highest BCUT2D eigenvalue weighted by molar-refractivity contribution is 7.18. The lowest BCUT2D eigenvalue weighted by molar-refractivity contribution is 1.08. The lowest BCUT2D eigenvalue weighted by Gasteiger charge is -2.05. The molecule has 100 valence electrons. The maximum atomic E-state index is 4.67.